The molecule has 122 valence electrons. The summed E-state index contributed by atoms with van der Waals surface area (Å²) in [5, 5.41) is 4.25. The molecule has 1 aliphatic carbocycles. The number of hydrazone groups is 1. The zero-order valence-corrected chi connectivity index (χ0v) is 13.7. The Balaban J connectivity index is 1.79. The molecule has 23 heavy (non-hydrogen) atoms. The Bertz CT molecular complexity index is 661. The van der Waals surface area contributed by atoms with Crippen molar-refractivity contribution in [2.45, 2.75) is 32.2 Å². The molecule has 5 nitrogen and oxygen atoms in total. The smallest absolute Gasteiger partial charge is 0.270 e. The second-order valence-electron chi connectivity index (χ2n) is 6.26. The predicted molar refractivity (Wildman–Crippen MR) is 91.8 cm³/mol. The van der Waals surface area contributed by atoms with Gasteiger partial charge in [0.05, 0.1) is 17.5 Å². The molecular formula is C18H24N4O. The van der Waals surface area contributed by atoms with Crippen LogP contribution in [0, 0.1) is 5.92 Å². The molecule has 1 atom stereocenters. The lowest BCUT2D eigenvalue weighted by Gasteiger charge is -2.35. The van der Waals surface area contributed by atoms with Gasteiger partial charge in [-0.2, -0.15) is 5.10 Å². The third-order valence-electron chi connectivity index (χ3n) is 4.64. The standard InChI is InChI=1S/C18H24N4O/c1-12-15-6-4-3-5-13(15)9-10-22(12)18(23)16(19)11-17(21-20-2)14-7-8-14/h3-6,11-12,14,20H,7-10,19H2,1-2H3/t12-/m1/s1. The number of nitrogens with one attached hydrogen (secondary N) is 1. The number of hydrogen-bond acceptors (Lipinski definition) is 4. The molecule has 3 N–H and O–H groups in total. The van der Waals surface area contributed by atoms with E-state index in [9.17, 15) is 4.79 Å². The maximum Gasteiger partial charge on any atom is 0.270 e. The molecule has 0 unspecified atom stereocenters. The maximum atomic E-state index is 12.8. The fraction of sp³-hybridized carbons (Fsp3) is 0.444. The summed E-state index contributed by atoms with van der Waals surface area (Å²) in [7, 11) is 1.76. The van der Waals surface area contributed by atoms with Crippen LogP contribution >= 0.6 is 0 Å². The Kier molecular flexibility index (Phi) is 4.37. The lowest BCUT2D eigenvalue weighted by Crippen LogP contribution is -2.41. The van der Waals surface area contributed by atoms with Gasteiger partial charge in [-0.15, -0.1) is 0 Å². The molecule has 0 radical (unpaired) electrons. The molecule has 3 rings (SSSR count). The minimum absolute atomic E-state index is 0.0463. The minimum atomic E-state index is -0.101. The van der Waals surface area contributed by atoms with Crippen molar-refractivity contribution in [3.05, 3.63) is 47.2 Å². The number of nitrogens with zero attached hydrogens (tertiary/aromatic N) is 2. The monoisotopic (exact) mass is 312 g/mol. The number of nitrogens with two attached hydrogens (primary N) is 1. The van der Waals surface area contributed by atoms with Gasteiger partial charge in [-0.25, -0.2) is 0 Å². The zero-order valence-electron chi connectivity index (χ0n) is 13.7. The summed E-state index contributed by atoms with van der Waals surface area (Å²) in [4.78, 5) is 14.6. The lowest BCUT2D eigenvalue weighted by atomic mass is 9.93. The highest BCUT2D eigenvalue weighted by molar-refractivity contribution is 6.05. The van der Waals surface area contributed by atoms with Crippen LogP contribution in [0.15, 0.2) is 41.1 Å². The fourth-order valence-electron chi connectivity index (χ4n) is 3.19. The highest BCUT2D eigenvalue weighted by Gasteiger charge is 2.30. The molecule has 0 aromatic heterocycles. The van der Waals surface area contributed by atoms with Gasteiger partial charge in [0.25, 0.3) is 5.91 Å². The number of carbonyl (C=O) groups excluding carboxylic acids is 1. The summed E-state index contributed by atoms with van der Waals surface area (Å²) >= 11 is 0. The van der Waals surface area contributed by atoms with Crippen molar-refractivity contribution in [1.82, 2.24) is 10.3 Å². The van der Waals surface area contributed by atoms with E-state index < -0.39 is 0 Å². The highest BCUT2D eigenvalue weighted by atomic mass is 16.2. The molecule has 0 saturated heterocycles. The summed E-state index contributed by atoms with van der Waals surface area (Å²) in [5.74, 6) is 0.338. The molecule has 1 amide bonds. The van der Waals surface area contributed by atoms with Gasteiger partial charge in [-0.05, 0) is 43.4 Å². The maximum absolute atomic E-state index is 12.8. The van der Waals surface area contributed by atoms with Gasteiger partial charge >= 0.3 is 0 Å². The summed E-state index contributed by atoms with van der Waals surface area (Å²) in [5.41, 5.74) is 12.6. The van der Waals surface area contributed by atoms with E-state index in [1.807, 2.05) is 17.0 Å². The number of amides is 1. The summed E-state index contributed by atoms with van der Waals surface area (Å²) in [6.45, 7) is 2.76. The van der Waals surface area contributed by atoms with Crippen LogP contribution in [0.2, 0.25) is 0 Å². The number of carbonyl (C=O) groups is 1. The van der Waals surface area contributed by atoms with Crippen molar-refractivity contribution < 1.29 is 4.79 Å². The predicted octanol–water partition coefficient (Wildman–Crippen LogP) is 1.96. The van der Waals surface area contributed by atoms with Crippen molar-refractivity contribution in [3.8, 4) is 0 Å². The molecule has 1 aromatic rings. The number of fused-ring (bicyclic) bond motifs is 1. The van der Waals surface area contributed by atoms with Gasteiger partial charge in [0.2, 0.25) is 0 Å². The SMILES string of the molecule is CNN=C(C=C(N)C(=O)N1CCc2ccccc2[C@H]1C)C1CC1. The Morgan fingerprint density at radius 1 is 1.39 bits per heavy atom. The van der Waals surface area contributed by atoms with Gasteiger partial charge in [-0.1, -0.05) is 24.3 Å². The summed E-state index contributed by atoms with van der Waals surface area (Å²) in [6.07, 6.45) is 4.85. The van der Waals surface area contributed by atoms with E-state index in [1.165, 1.54) is 11.1 Å². The molecule has 0 spiro atoms. The lowest BCUT2D eigenvalue weighted by molar-refractivity contribution is -0.129. The highest BCUT2D eigenvalue weighted by Crippen LogP contribution is 2.32. The van der Waals surface area contributed by atoms with Gasteiger partial charge in [0.15, 0.2) is 0 Å². The van der Waals surface area contributed by atoms with E-state index in [-0.39, 0.29) is 17.6 Å². The first-order chi connectivity index (χ1) is 11.1. The van der Waals surface area contributed by atoms with E-state index in [1.54, 1.807) is 13.1 Å². The Morgan fingerprint density at radius 2 is 2.13 bits per heavy atom. The summed E-state index contributed by atoms with van der Waals surface area (Å²) in [6, 6.07) is 8.35. The van der Waals surface area contributed by atoms with Gasteiger partial charge in [-0.3, -0.25) is 4.79 Å². The fourth-order valence-corrected chi connectivity index (χ4v) is 3.19. The third-order valence-corrected chi connectivity index (χ3v) is 4.64. The van der Waals surface area contributed by atoms with E-state index in [4.69, 9.17) is 5.73 Å². The second-order valence-corrected chi connectivity index (χ2v) is 6.26. The molecule has 0 bridgehead atoms. The summed E-state index contributed by atoms with van der Waals surface area (Å²) < 4.78 is 0. The molecule has 2 aliphatic rings. The largest absolute Gasteiger partial charge is 0.394 e. The molecule has 5 heteroatoms. The molecular weight excluding hydrogens is 288 g/mol. The van der Waals surface area contributed by atoms with E-state index in [2.05, 4.69) is 29.6 Å². The van der Waals surface area contributed by atoms with Gasteiger partial charge < -0.3 is 16.1 Å². The normalized spacial score (nSPS) is 21.8. The van der Waals surface area contributed by atoms with Crippen LogP contribution < -0.4 is 11.2 Å². The zero-order chi connectivity index (χ0) is 16.4. The Hall–Kier alpha value is -2.30. The molecule has 1 aromatic carbocycles. The van der Waals surface area contributed by atoms with Crippen LogP contribution in [0.4, 0.5) is 0 Å². The van der Waals surface area contributed by atoms with Crippen molar-refractivity contribution in [2.75, 3.05) is 13.6 Å². The van der Waals surface area contributed by atoms with Crippen molar-refractivity contribution >= 4 is 11.6 Å². The molecule has 1 heterocycles. The van der Waals surface area contributed by atoms with Crippen LogP contribution in [-0.2, 0) is 11.2 Å². The molecule has 1 aliphatic heterocycles. The molecule has 1 fully saturated rings. The number of benzene rings is 1. The van der Waals surface area contributed by atoms with Crippen LogP contribution in [0.3, 0.4) is 0 Å². The van der Waals surface area contributed by atoms with E-state index >= 15 is 0 Å². The quantitative estimate of drug-likeness (QED) is 0.507. The first-order valence-corrected chi connectivity index (χ1v) is 8.22. The number of allylic oxidation sites excluding steroid dienone is 1. The van der Waals surface area contributed by atoms with Crippen LogP contribution in [0.5, 0.6) is 0 Å². The topological polar surface area (TPSA) is 70.7 Å². The Labute approximate surface area is 137 Å². The number of rotatable bonds is 4. The average molecular weight is 312 g/mol. The van der Waals surface area contributed by atoms with Crippen molar-refractivity contribution in [2.24, 2.45) is 16.8 Å². The van der Waals surface area contributed by atoms with Gasteiger partial charge in [0.1, 0.15) is 0 Å². The third kappa shape index (κ3) is 3.23. The minimum Gasteiger partial charge on any atom is -0.394 e. The Morgan fingerprint density at radius 3 is 2.83 bits per heavy atom. The van der Waals surface area contributed by atoms with Gasteiger partial charge in [0, 0.05) is 19.5 Å². The van der Waals surface area contributed by atoms with Crippen LogP contribution in [0.25, 0.3) is 0 Å². The number of hydrogen-bond donors (Lipinski definition) is 2. The van der Waals surface area contributed by atoms with E-state index in [0.29, 0.717) is 12.5 Å². The second kappa shape index (κ2) is 6.44. The van der Waals surface area contributed by atoms with Crippen LogP contribution in [0.1, 0.15) is 36.9 Å². The van der Waals surface area contributed by atoms with Crippen LogP contribution in [-0.4, -0.2) is 30.1 Å². The van der Waals surface area contributed by atoms with E-state index in [0.717, 1.165) is 25.0 Å². The molecule has 1 saturated carbocycles. The first-order valence-electron chi connectivity index (χ1n) is 8.22. The van der Waals surface area contributed by atoms with Crippen molar-refractivity contribution in [1.29, 1.82) is 0 Å². The average Bonchev–Trinajstić information content (AvgIpc) is 3.39. The first kappa shape index (κ1) is 15.6. The van der Waals surface area contributed by atoms with Crippen molar-refractivity contribution in [3.63, 3.8) is 0 Å².